The summed E-state index contributed by atoms with van der Waals surface area (Å²) >= 11 is 5.86. The van der Waals surface area contributed by atoms with Crippen molar-refractivity contribution in [3.63, 3.8) is 0 Å². The molecule has 1 unspecified atom stereocenters. The molecule has 1 atom stereocenters. The quantitative estimate of drug-likeness (QED) is 0.657. The number of halogens is 1. The predicted octanol–water partition coefficient (Wildman–Crippen LogP) is 3.54. The molecule has 0 aliphatic carbocycles. The maximum Gasteiger partial charge on any atom is 0.261 e. The summed E-state index contributed by atoms with van der Waals surface area (Å²) in [6.07, 6.45) is 3.29. The number of rotatable bonds is 6. The van der Waals surface area contributed by atoms with Crippen molar-refractivity contribution in [3.05, 3.63) is 72.0 Å². The highest BCUT2D eigenvalue weighted by Crippen LogP contribution is 2.22. The van der Waals surface area contributed by atoms with Gasteiger partial charge >= 0.3 is 0 Å². The molecule has 0 bridgehead atoms. The van der Waals surface area contributed by atoms with E-state index in [9.17, 15) is 13.2 Å². The van der Waals surface area contributed by atoms with E-state index in [2.05, 4.69) is 15.1 Å². The van der Waals surface area contributed by atoms with Crippen molar-refractivity contribution in [2.24, 2.45) is 0 Å². The molecule has 140 valence electrons. The number of aromatic nitrogens is 2. The third-order valence-corrected chi connectivity index (χ3v) is 5.40. The Labute approximate surface area is 162 Å². The van der Waals surface area contributed by atoms with E-state index < -0.39 is 16.1 Å². The fraction of sp³-hybridized carbons (Fsp3) is 0.111. The highest BCUT2D eigenvalue weighted by Gasteiger charge is 2.17. The maximum atomic E-state index is 12.5. The molecule has 2 aromatic carbocycles. The van der Waals surface area contributed by atoms with Gasteiger partial charge < -0.3 is 5.32 Å². The summed E-state index contributed by atoms with van der Waals surface area (Å²) in [4.78, 5) is 12.4. The fourth-order valence-electron chi connectivity index (χ4n) is 2.39. The number of nitrogens with one attached hydrogen (secondary N) is 2. The van der Waals surface area contributed by atoms with Gasteiger partial charge in [-0.05, 0) is 49.4 Å². The molecule has 3 aromatic rings. The number of nitrogens with zero attached hydrogens (tertiary/aromatic N) is 2. The zero-order chi connectivity index (χ0) is 19.4. The molecule has 0 radical (unpaired) electrons. The Hall–Kier alpha value is -2.84. The van der Waals surface area contributed by atoms with Crippen LogP contribution in [0.1, 0.15) is 13.0 Å². The lowest BCUT2D eigenvalue weighted by molar-refractivity contribution is -0.119. The Kier molecular flexibility index (Phi) is 5.48. The SMILES string of the molecule is CC(C(=O)Nc1cccc(NS(=O)(=O)c2cccc(Cl)c2)c1)n1cccn1. The van der Waals surface area contributed by atoms with Crippen molar-refractivity contribution in [3.8, 4) is 0 Å². The standard InChI is InChI=1S/C18H17ClN4O3S/c1-13(23-10-4-9-20-23)18(24)21-15-6-3-7-16(12-15)22-27(25,26)17-8-2-5-14(19)11-17/h2-13,22H,1H3,(H,21,24). The zero-order valence-electron chi connectivity index (χ0n) is 14.3. The molecular weight excluding hydrogens is 388 g/mol. The van der Waals surface area contributed by atoms with Crippen LogP contribution in [0.2, 0.25) is 5.02 Å². The third kappa shape index (κ3) is 4.66. The van der Waals surface area contributed by atoms with Gasteiger partial charge in [0.1, 0.15) is 6.04 Å². The summed E-state index contributed by atoms with van der Waals surface area (Å²) in [6.45, 7) is 1.72. The lowest BCUT2D eigenvalue weighted by Crippen LogP contribution is -2.24. The number of hydrogen-bond donors (Lipinski definition) is 2. The van der Waals surface area contributed by atoms with Crippen molar-refractivity contribution in [2.45, 2.75) is 17.9 Å². The first kappa shape index (κ1) is 18.9. The van der Waals surface area contributed by atoms with Crippen LogP contribution in [0.15, 0.2) is 71.9 Å². The molecule has 0 fully saturated rings. The van der Waals surface area contributed by atoms with Crippen LogP contribution in [0.5, 0.6) is 0 Å². The van der Waals surface area contributed by atoms with Crippen LogP contribution in [0.3, 0.4) is 0 Å². The van der Waals surface area contributed by atoms with E-state index in [1.54, 1.807) is 55.7 Å². The first-order valence-electron chi connectivity index (χ1n) is 8.03. The van der Waals surface area contributed by atoms with Crippen molar-refractivity contribution >= 4 is 38.9 Å². The molecule has 3 rings (SSSR count). The second-order valence-corrected chi connectivity index (χ2v) is 7.91. The van der Waals surface area contributed by atoms with Gasteiger partial charge in [0.05, 0.1) is 10.6 Å². The number of hydrogen-bond acceptors (Lipinski definition) is 4. The topological polar surface area (TPSA) is 93.1 Å². The summed E-state index contributed by atoms with van der Waals surface area (Å²) in [6, 6.07) is 13.6. The van der Waals surface area contributed by atoms with Gasteiger partial charge in [-0.15, -0.1) is 0 Å². The van der Waals surface area contributed by atoms with Crippen LogP contribution < -0.4 is 10.0 Å². The summed E-state index contributed by atoms with van der Waals surface area (Å²) in [7, 11) is -3.79. The molecule has 1 aromatic heterocycles. The summed E-state index contributed by atoms with van der Waals surface area (Å²) in [5.41, 5.74) is 0.782. The first-order valence-corrected chi connectivity index (χ1v) is 9.90. The van der Waals surface area contributed by atoms with Crippen molar-refractivity contribution in [1.29, 1.82) is 0 Å². The second kappa shape index (κ2) is 7.81. The zero-order valence-corrected chi connectivity index (χ0v) is 15.9. The molecule has 0 saturated carbocycles. The normalized spacial score (nSPS) is 12.4. The van der Waals surface area contributed by atoms with Crippen molar-refractivity contribution in [2.75, 3.05) is 10.0 Å². The Bertz CT molecular complexity index is 1050. The number of anilines is 2. The summed E-state index contributed by atoms with van der Waals surface area (Å²) in [5.74, 6) is -0.270. The number of amides is 1. The molecule has 0 saturated heterocycles. The lowest BCUT2D eigenvalue weighted by Gasteiger charge is -2.14. The van der Waals surface area contributed by atoms with Crippen LogP contribution in [-0.4, -0.2) is 24.1 Å². The van der Waals surface area contributed by atoms with E-state index in [0.717, 1.165) is 0 Å². The Morgan fingerprint density at radius 3 is 2.56 bits per heavy atom. The van der Waals surface area contributed by atoms with Crippen molar-refractivity contribution < 1.29 is 13.2 Å². The first-order chi connectivity index (χ1) is 12.8. The molecular formula is C18H17ClN4O3S. The Morgan fingerprint density at radius 2 is 1.85 bits per heavy atom. The third-order valence-electron chi connectivity index (χ3n) is 3.79. The smallest absolute Gasteiger partial charge is 0.261 e. The van der Waals surface area contributed by atoms with E-state index in [1.165, 1.54) is 22.9 Å². The minimum absolute atomic E-state index is 0.0525. The van der Waals surface area contributed by atoms with Crippen LogP contribution >= 0.6 is 11.6 Å². The number of carbonyl (C=O) groups is 1. The molecule has 1 amide bonds. The molecule has 0 spiro atoms. The molecule has 2 N–H and O–H groups in total. The fourth-order valence-corrected chi connectivity index (χ4v) is 3.74. The largest absolute Gasteiger partial charge is 0.324 e. The van der Waals surface area contributed by atoms with Crippen LogP contribution in [0.25, 0.3) is 0 Å². The van der Waals surface area contributed by atoms with Crippen LogP contribution in [-0.2, 0) is 14.8 Å². The second-order valence-electron chi connectivity index (χ2n) is 5.79. The lowest BCUT2D eigenvalue weighted by atomic mass is 10.2. The van der Waals surface area contributed by atoms with Crippen LogP contribution in [0, 0.1) is 0 Å². The van der Waals surface area contributed by atoms with E-state index in [4.69, 9.17) is 11.6 Å². The molecule has 0 aliphatic rings. The molecule has 7 nitrogen and oxygen atoms in total. The minimum atomic E-state index is -3.79. The van der Waals surface area contributed by atoms with Crippen LogP contribution in [0.4, 0.5) is 11.4 Å². The Balaban J connectivity index is 1.75. The molecule has 0 aliphatic heterocycles. The minimum Gasteiger partial charge on any atom is -0.324 e. The van der Waals surface area contributed by atoms with Gasteiger partial charge in [0, 0.05) is 23.1 Å². The Morgan fingerprint density at radius 1 is 1.11 bits per heavy atom. The van der Waals surface area contributed by atoms with Gasteiger partial charge in [-0.25, -0.2) is 8.42 Å². The average Bonchev–Trinajstić information content (AvgIpc) is 3.15. The van der Waals surface area contributed by atoms with Crippen molar-refractivity contribution in [1.82, 2.24) is 9.78 Å². The number of benzene rings is 2. The average molecular weight is 405 g/mol. The van der Waals surface area contributed by atoms with Gasteiger partial charge in [-0.3, -0.25) is 14.2 Å². The van der Waals surface area contributed by atoms with Gasteiger partial charge in [0.2, 0.25) is 5.91 Å². The highest BCUT2D eigenvalue weighted by atomic mass is 35.5. The van der Waals surface area contributed by atoms with Gasteiger partial charge in [-0.2, -0.15) is 5.10 Å². The van der Waals surface area contributed by atoms with Gasteiger partial charge in [-0.1, -0.05) is 23.7 Å². The molecule has 1 heterocycles. The summed E-state index contributed by atoms with van der Waals surface area (Å²) < 4.78 is 29.0. The number of sulfonamides is 1. The van der Waals surface area contributed by atoms with Gasteiger partial charge in [0.25, 0.3) is 10.0 Å². The van der Waals surface area contributed by atoms with E-state index in [1.807, 2.05) is 0 Å². The maximum absolute atomic E-state index is 12.5. The monoisotopic (exact) mass is 404 g/mol. The molecule has 9 heteroatoms. The van der Waals surface area contributed by atoms with E-state index >= 15 is 0 Å². The summed E-state index contributed by atoms with van der Waals surface area (Å²) in [5, 5.41) is 7.11. The molecule has 27 heavy (non-hydrogen) atoms. The van der Waals surface area contributed by atoms with E-state index in [0.29, 0.717) is 16.4 Å². The van der Waals surface area contributed by atoms with Gasteiger partial charge in [0.15, 0.2) is 0 Å². The highest BCUT2D eigenvalue weighted by molar-refractivity contribution is 7.92. The van der Waals surface area contributed by atoms with E-state index in [-0.39, 0.29) is 10.8 Å². The predicted molar refractivity (Wildman–Crippen MR) is 104 cm³/mol. The number of carbonyl (C=O) groups excluding carboxylic acids is 1.